The summed E-state index contributed by atoms with van der Waals surface area (Å²) in [4.78, 5) is 28.0. The van der Waals surface area contributed by atoms with Crippen LogP contribution in [0.2, 0.25) is 0 Å². The summed E-state index contributed by atoms with van der Waals surface area (Å²) in [6, 6.07) is 11.5. The van der Waals surface area contributed by atoms with Gasteiger partial charge in [0.05, 0.1) is 12.2 Å². The molecule has 0 aliphatic carbocycles. The molecule has 0 N–H and O–H groups in total. The molecule has 0 spiro atoms. The molecule has 30 heavy (non-hydrogen) atoms. The number of para-hydroxylation sites is 1. The lowest BCUT2D eigenvalue weighted by Gasteiger charge is -2.36. The third-order valence-electron chi connectivity index (χ3n) is 4.89. The van der Waals surface area contributed by atoms with Crippen molar-refractivity contribution < 1.29 is 23.1 Å². The molecule has 156 valence electrons. The Morgan fingerprint density at radius 2 is 1.87 bits per heavy atom. The number of anilines is 1. The number of carbonyl (C=O) groups excluding carboxylic acids is 2. The van der Waals surface area contributed by atoms with Gasteiger partial charge >= 0.3 is 5.97 Å². The normalized spacial score (nSPS) is 14.0. The first-order valence-corrected chi connectivity index (χ1v) is 9.60. The molecule has 0 atom stereocenters. The lowest BCUT2D eigenvalue weighted by molar-refractivity contribution is -0.134. The van der Waals surface area contributed by atoms with E-state index in [1.54, 1.807) is 52.3 Å². The summed E-state index contributed by atoms with van der Waals surface area (Å²) in [5.41, 5.74) is 0.528. The van der Waals surface area contributed by atoms with Crippen LogP contribution in [0.25, 0.3) is 0 Å². The second-order valence-electron chi connectivity index (χ2n) is 6.86. The van der Waals surface area contributed by atoms with E-state index in [0.717, 1.165) is 0 Å². The van der Waals surface area contributed by atoms with Gasteiger partial charge in [-0.25, -0.2) is 9.18 Å². The molecule has 0 unspecified atom stereocenters. The van der Waals surface area contributed by atoms with Crippen LogP contribution in [0, 0.1) is 5.82 Å². The van der Waals surface area contributed by atoms with E-state index in [0.29, 0.717) is 44.2 Å². The molecular weight excluding hydrogens is 391 g/mol. The van der Waals surface area contributed by atoms with Gasteiger partial charge < -0.3 is 19.0 Å². The summed E-state index contributed by atoms with van der Waals surface area (Å²) in [5, 5.41) is 4.07. The van der Waals surface area contributed by atoms with Gasteiger partial charge in [0.2, 0.25) is 5.76 Å². The minimum atomic E-state index is -0.694. The maximum Gasteiger partial charge on any atom is 0.374 e. The van der Waals surface area contributed by atoms with E-state index < -0.39 is 5.97 Å². The molecule has 2 aromatic heterocycles. The zero-order valence-electron chi connectivity index (χ0n) is 16.2. The van der Waals surface area contributed by atoms with Crippen molar-refractivity contribution in [3.8, 4) is 0 Å². The number of ether oxygens (including phenoxy) is 1. The number of furan rings is 1. The lowest BCUT2D eigenvalue weighted by atomic mass is 10.2. The van der Waals surface area contributed by atoms with E-state index in [-0.39, 0.29) is 24.1 Å². The van der Waals surface area contributed by atoms with E-state index in [9.17, 15) is 14.0 Å². The first-order chi connectivity index (χ1) is 14.6. The Morgan fingerprint density at radius 3 is 2.60 bits per heavy atom. The van der Waals surface area contributed by atoms with Crippen LogP contribution in [-0.2, 0) is 16.1 Å². The Morgan fingerprint density at radius 1 is 1.07 bits per heavy atom. The molecule has 0 saturated carbocycles. The number of benzene rings is 1. The first-order valence-electron chi connectivity index (χ1n) is 9.60. The van der Waals surface area contributed by atoms with E-state index >= 15 is 0 Å². The van der Waals surface area contributed by atoms with E-state index in [1.165, 1.54) is 12.1 Å². The molecule has 1 saturated heterocycles. The standard InChI is InChI=1S/C21H21FN4O4/c22-17-4-1-2-5-18(17)24-10-12-25(13-11-24)20(27)15-29-21(28)19-7-6-16(30-19)14-26-9-3-8-23-26/h1-9H,10-15H2. The molecule has 9 heteroatoms. The number of nitrogens with zero attached hydrogens (tertiary/aromatic N) is 4. The van der Waals surface area contributed by atoms with Gasteiger partial charge in [0.15, 0.2) is 6.61 Å². The van der Waals surface area contributed by atoms with Crippen molar-refractivity contribution in [2.45, 2.75) is 6.54 Å². The number of halogens is 1. The number of aromatic nitrogens is 2. The van der Waals surface area contributed by atoms with Crippen molar-refractivity contribution in [3.63, 3.8) is 0 Å². The third-order valence-corrected chi connectivity index (χ3v) is 4.89. The SMILES string of the molecule is O=C(OCC(=O)N1CCN(c2ccccc2F)CC1)c1ccc(Cn2cccn2)o1. The summed E-state index contributed by atoms with van der Waals surface area (Å²) in [5.74, 6) is -0.674. The average molecular weight is 412 g/mol. The van der Waals surface area contributed by atoms with Gasteiger partial charge in [-0.2, -0.15) is 5.10 Å². The quantitative estimate of drug-likeness (QED) is 0.578. The Kier molecular flexibility index (Phi) is 5.78. The monoisotopic (exact) mass is 412 g/mol. The average Bonchev–Trinajstić information content (AvgIpc) is 3.45. The highest BCUT2D eigenvalue weighted by molar-refractivity contribution is 5.89. The summed E-state index contributed by atoms with van der Waals surface area (Å²) in [7, 11) is 0. The second-order valence-corrected chi connectivity index (χ2v) is 6.86. The minimum absolute atomic E-state index is 0.0364. The number of hydrogen-bond acceptors (Lipinski definition) is 6. The zero-order chi connectivity index (χ0) is 20.9. The summed E-state index contributed by atoms with van der Waals surface area (Å²) < 4.78 is 26.2. The smallest absolute Gasteiger partial charge is 0.374 e. The molecule has 8 nitrogen and oxygen atoms in total. The van der Waals surface area contributed by atoms with E-state index in [2.05, 4.69) is 5.10 Å². The number of carbonyl (C=O) groups is 2. The molecule has 1 aliphatic heterocycles. The molecule has 1 aromatic carbocycles. The van der Waals surface area contributed by atoms with Gasteiger partial charge in [0.1, 0.15) is 11.6 Å². The largest absolute Gasteiger partial charge is 0.452 e. The number of esters is 1. The van der Waals surface area contributed by atoms with Crippen LogP contribution in [0.1, 0.15) is 16.3 Å². The van der Waals surface area contributed by atoms with Crippen molar-refractivity contribution in [1.29, 1.82) is 0 Å². The molecule has 1 fully saturated rings. The first kappa shape index (κ1) is 19.7. The summed E-state index contributed by atoms with van der Waals surface area (Å²) in [6.07, 6.45) is 3.44. The molecule has 0 radical (unpaired) electrons. The summed E-state index contributed by atoms with van der Waals surface area (Å²) >= 11 is 0. The number of hydrogen-bond donors (Lipinski definition) is 0. The maximum atomic E-state index is 13.9. The number of amides is 1. The van der Waals surface area contributed by atoms with E-state index in [4.69, 9.17) is 9.15 Å². The van der Waals surface area contributed by atoms with Gasteiger partial charge in [-0.3, -0.25) is 9.48 Å². The highest BCUT2D eigenvalue weighted by Crippen LogP contribution is 2.20. The maximum absolute atomic E-state index is 13.9. The molecular formula is C21H21FN4O4. The Hall–Kier alpha value is -3.62. The Balaban J connectivity index is 1.24. The molecule has 3 heterocycles. The lowest BCUT2D eigenvalue weighted by Crippen LogP contribution is -2.50. The number of rotatable bonds is 6. The van der Waals surface area contributed by atoms with E-state index in [1.807, 2.05) is 4.90 Å². The van der Waals surface area contributed by atoms with Crippen LogP contribution in [0.5, 0.6) is 0 Å². The Bertz CT molecular complexity index is 1010. The Labute approximate surface area is 172 Å². The van der Waals surface area contributed by atoms with Crippen molar-refractivity contribution in [2.75, 3.05) is 37.7 Å². The predicted octanol–water partition coefficient (Wildman–Crippen LogP) is 2.17. The van der Waals surface area contributed by atoms with Crippen LogP contribution in [0.4, 0.5) is 10.1 Å². The fourth-order valence-corrected chi connectivity index (χ4v) is 3.32. The van der Waals surface area contributed by atoms with Crippen molar-refractivity contribution in [2.24, 2.45) is 0 Å². The van der Waals surface area contributed by atoms with Gasteiger partial charge in [-0.1, -0.05) is 12.1 Å². The molecule has 1 amide bonds. The second kappa shape index (κ2) is 8.81. The van der Waals surface area contributed by atoms with Crippen molar-refractivity contribution in [1.82, 2.24) is 14.7 Å². The van der Waals surface area contributed by atoms with Gasteiger partial charge in [0, 0.05) is 38.6 Å². The highest BCUT2D eigenvalue weighted by atomic mass is 19.1. The van der Waals surface area contributed by atoms with Crippen LogP contribution < -0.4 is 4.90 Å². The molecule has 4 rings (SSSR count). The third kappa shape index (κ3) is 4.51. The molecule has 0 bridgehead atoms. The molecule has 1 aliphatic rings. The van der Waals surface area contributed by atoms with Crippen LogP contribution in [0.3, 0.4) is 0 Å². The van der Waals surface area contributed by atoms with Gasteiger partial charge in [0.25, 0.3) is 5.91 Å². The molecule has 3 aromatic rings. The van der Waals surface area contributed by atoms with Gasteiger partial charge in [-0.15, -0.1) is 0 Å². The highest BCUT2D eigenvalue weighted by Gasteiger charge is 2.24. The van der Waals surface area contributed by atoms with Crippen LogP contribution in [-0.4, -0.2) is 59.3 Å². The predicted molar refractivity (Wildman–Crippen MR) is 106 cm³/mol. The van der Waals surface area contributed by atoms with Crippen molar-refractivity contribution in [3.05, 3.63) is 72.2 Å². The fourth-order valence-electron chi connectivity index (χ4n) is 3.32. The topological polar surface area (TPSA) is 80.8 Å². The van der Waals surface area contributed by atoms with Crippen LogP contribution in [0.15, 0.2) is 59.3 Å². The van der Waals surface area contributed by atoms with Crippen LogP contribution >= 0.6 is 0 Å². The zero-order valence-corrected chi connectivity index (χ0v) is 16.2. The fraction of sp³-hybridized carbons (Fsp3) is 0.286. The van der Waals surface area contributed by atoms with Gasteiger partial charge in [-0.05, 0) is 30.3 Å². The number of piperazine rings is 1. The minimum Gasteiger partial charge on any atom is -0.452 e. The van der Waals surface area contributed by atoms with Crippen molar-refractivity contribution >= 4 is 17.6 Å². The summed E-state index contributed by atoms with van der Waals surface area (Å²) in [6.45, 7) is 1.91.